The van der Waals surface area contributed by atoms with E-state index in [2.05, 4.69) is 5.43 Å². The van der Waals surface area contributed by atoms with Gasteiger partial charge in [0, 0.05) is 18.0 Å². The van der Waals surface area contributed by atoms with Gasteiger partial charge in [-0.15, -0.1) is 0 Å². The van der Waals surface area contributed by atoms with Gasteiger partial charge >= 0.3 is 0 Å². The van der Waals surface area contributed by atoms with Crippen molar-refractivity contribution in [3.63, 3.8) is 0 Å². The van der Waals surface area contributed by atoms with Gasteiger partial charge in [-0.25, -0.2) is 0 Å². The molecule has 0 saturated heterocycles. The Morgan fingerprint density at radius 2 is 2.08 bits per heavy atom. The molecule has 0 aliphatic carbocycles. The van der Waals surface area contributed by atoms with Crippen molar-refractivity contribution in [2.75, 3.05) is 13.2 Å². The molecule has 4 heteroatoms. The maximum absolute atomic E-state index is 9.46. The molecule has 0 radical (unpaired) electrons. The van der Waals surface area contributed by atoms with Crippen LogP contribution in [0.1, 0.15) is 11.5 Å². The van der Waals surface area contributed by atoms with Gasteiger partial charge in [-0.1, -0.05) is 18.2 Å². The van der Waals surface area contributed by atoms with Gasteiger partial charge in [0.05, 0.1) is 6.61 Å². The second kappa shape index (κ2) is 4.81. The number of aromatic hydroxyl groups is 1. The van der Waals surface area contributed by atoms with Gasteiger partial charge in [0.15, 0.2) is 0 Å². The summed E-state index contributed by atoms with van der Waals surface area (Å²) >= 11 is 0. The zero-order valence-corrected chi connectivity index (χ0v) is 7.27. The van der Waals surface area contributed by atoms with Gasteiger partial charge in [-0.3, -0.25) is 11.3 Å². The van der Waals surface area contributed by atoms with Crippen LogP contribution in [0.25, 0.3) is 0 Å². The molecule has 0 heterocycles. The Kier molecular flexibility index (Phi) is 3.70. The number of hydrogen-bond donors (Lipinski definition) is 4. The highest BCUT2D eigenvalue weighted by molar-refractivity contribution is 5.35. The average molecular weight is 182 g/mol. The highest BCUT2D eigenvalue weighted by atomic mass is 16.3. The quantitative estimate of drug-likeness (QED) is 0.388. The summed E-state index contributed by atoms with van der Waals surface area (Å²) in [6, 6.07) is 6.92. The molecule has 0 amide bonds. The first-order chi connectivity index (χ1) is 6.29. The number of aliphatic hydroxyl groups is 1. The average Bonchev–Trinajstić information content (AvgIpc) is 2.16. The van der Waals surface area contributed by atoms with E-state index < -0.39 is 0 Å². The van der Waals surface area contributed by atoms with Crippen molar-refractivity contribution >= 4 is 0 Å². The minimum atomic E-state index is -0.161. The third kappa shape index (κ3) is 2.42. The lowest BCUT2D eigenvalue weighted by molar-refractivity contribution is 0.259. The summed E-state index contributed by atoms with van der Waals surface area (Å²) in [4.78, 5) is 0. The number of phenols is 1. The molecule has 0 bridgehead atoms. The summed E-state index contributed by atoms with van der Waals surface area (Å²) in [6.45, 7) is 0.399. The molecule has 1 rings (SSSR count). The minimum Gasteiger partial charge on any atom is -0.508 e. The summed E-state index contributed by atoms with van der Waals surface area (Å²) in [5.41, 5.74) is 3.18. The SMILES string of the molecule is NNCC(CO)c1ccccc1O. The number of nitrogens with two attached hydrogens (primary N) is 1. The highest BCUT2D eigenvalue weighted by Crippen LogP contribution is 2.24. The molecule has 13 heavy (non-hydrogen) atoms. The van der Waals surface area contributed by atoms with Crippen LogP contribution in [-0.4, -0.2) is 23.4 Å². The zero-order valence-electron chi connectivity index (χ0n) is 7.27. The van der Waals surface area contributed by atoms with E-state index in [0.717, 1.165) is 0 Å². The minimum absolute atomic E-state index is 0.0399. The van der Waals surface area contributed by atoms with Crippen molar-refractivity contribution in [1.82, 2.24) is 5.43 Å². The maximum Gasteiger partial charge on any atom is 0.119 e. The number of hydrogen-bond acceptors (Lipinski definition) is 4. The van der Waals surface area contributed by atoms with E-state index in [0.29, 0.717) is 12.1 Å². The van der Waals surface area contributed by atoms with Crippen molar-refractivity contribution in [3.05, 3.63) is 29.8 Å². The van der Waals surface area contributed by atoms with Crippen LogP contribution in [0.3, 0.4) is 0 Å². The standard InChI is InChI=1S/C9H14N2O2/c10-11-5-7(6-12)8-3-1-2-4-9(8)13/h1-4,7,11-13H,5-6,10H2. The van der Waals surface area contributed by atoms with Gasteiger partial charge in [-0.05, 0) is 6.07 Å². The summed E-state index contributed by atoms with van der Waals surface area (Å²) in [5.74, 6) is 5.18. The zero-order chi connectivity index (χ0) is 9.68. The molecule has 0 aromatic heterocycles. The van der Waals surface area contributed by atoms with Crippen LogP contribution in [0.4, 0.5) is 0 Å². The van der Waals surface area contributed by atoms with Crippen LogP contribution in [0, 0.1) is 0 Å². The van der Waals surface area contributed by atoms with Gasteiger partial charge in [-0.2, -0.15) is 0 Å². The second-order valence-electron chi connectivity index (χ2n) is 2.85. The summed E-state index contributed by atoms with van der Waals surface area (Å²) in [6.07, 6.45) is 0. The van der Waals surface area contributed by atoms with Crippen LogP contribution < -0.4 is 11.3 Å². The molecule has 1 aromatic carbocycles. The monoisotopic (exact) mass is 182 g/mol. The highest BCUT2D eigenvalue weighted by Gasteiger charge is 2.12. The lowest BCUT2D eigenvalue weighted by atomic mass is 9.99. The summed E-state index contributed by atoms with van der Waals surface area (Å²) < 4.78 is 0. The van der Waals surface area contributed by atoms with Gasteiger partial charge in [0.2, 0.25) is 0 Å². The van der Waals surface area contributed by atoms with E-state index in [9.17, 15) is 5.11 Å². The Balaban J connectivity index is 2.84. The molecular weight excluding hydrogens is 168 g/mol. The topological polar surface area (TPSA) is 78.5 Å². The van der Waals surface area contributed by atoms with Crippen LogP contribution in [0.2, 0.25) is 0 Å². The molecule has 5 N–H and O–H groups in total. The number of hydrazine groups is 1. The third-order valence-corrected chi connectivity index (χ3v) is 1.96. The number of aliphatic hydroxyl groups excluding tert-OH is 1. The molecule has 1 aromatic rings. The van der Waals surface area contributed by atoms with Crippen molar-refractivity contribution in [3.8, 4) is 5.75 Å². The van der Waals surface area contributed by atoms with Crippen molar-refractivity contribution in [1.29, 1.82) is 0 Å². The Labute approximate surface area is 77.0 Å². The van der Waals surface area contributed by atoms with Crippen molar-refractivity contribution in [2.24, 2.45) is 5.84 Å². The van der Waals surface area contributed by atoms with E-state index >= 15 is 0 Å². The smallest absolute Gasteiger partial charge is 0.119 e. The number of nitrogens with one attached hydrogen (secondary N) is 1. The Morgan fingerprint density at radius 1 is 1.38 bits per heavy atom. The van der Waals surface area contributed by atoms with Gasteiger partial charge in [0.1, 0.15) is 5.75 Å². The fourth-order valence-corrected chi connectivity index (χ4v) is 1.25. The number of phenolic OH excluding ortho intramolecular Hbond substituents is 1. The Morgan fingerprint density at radius 3 is 2.62 bits per heavy atom. The van der Waals surface area contributed by atoms with Crippen LogP contribution in [0.15, 0.2) is 24.3 Å². The molecule has 1 unspecified atom stereocenters. The fraction of sp³-hybridized carbons (Fsp3) is 0.333. The van der Waals surface area contributed by atoms with Crippen LogP contribution in [-0.2, 0) is 0 Å². The predicted octanol–water partition coefficient (Wildman–Crippen LogP) is -0.0686. The van der Waals surface area contributed by atoms with E-state index in [1.54, 1.807) is 18.2 Å². The number of benzene rings is 1. The lowest BCUT2D eigenvalue weighted by Crippen LogP contribution is -2.29. The lowest BCUT2D eigenvalue weighted by Gasteiger charge is -2.14. The third-order valence-electron chi connectivity index (χ3n) is 1.96. The van der Waals surface area contributed by atoms with E-state index in [4.69, 9.17) is 10.9 Å². The van der Waals surface area contributed by atoms with E-state index in [-0.39, 0.29) is 18.3 Å². The largest absolute Gasteiger partial charge is 0.508 e. The molecule has 4 nitrogen and oxygen atoms in total. The molecule has 0 spiro atoms. The molecule has 0 saturated carbocycles. The molecule has 1 atom stereocenters. The Hall–Kier alpha value is -1.10. The number of para-hydroxylation sites is 1. The number of rotatable bonds is 4. The van der Waals surface area contributed by atoms with Crippen molar-refractivity contribution < 1.29 is 10.2 Å². The molecule has 0 fully saturated rings. The first kappa shape index (κ1) is 9.98. The fourth-order valence-electron chi connectivity index (χ4n) is 1.25. The van der Waals surface area contributed by atoms with Gasteiger partial charge in [0.25, 0.3) is 0 Å². The van der Waals surface area contributed by atoms with Gasteiger partial charge < -0.3 is 10.2 Å². The molecular formula is C9H14N2O2. The first-order valence-electron chi connectivity index (χ1n) is 4.11. The summed E-state index contributed by atoms with van der Waals surface area (Å²) in [7, 11) is 0. The Bertz CT molecular complexity index is 266. The maximum atomic E-state index is 9.46. The molecule has 0 aliphatic rings. The van der Waals surface area contributed by atoms with Crippen LogP contribution >= 0.6 is 0 Å². The normalized spacial score (nSPS) is 12.8. The predicted molar refractivity (Wildman–Crippen MR) is 50.1 cm³/mol. The molecule has 72 valence electrons. The second-order valence-corrected chi connectivity index (χ2v) is 2.85. The summed E-state index contributed by atoms with van der Waals surface area (Å²) in [5, 5.41) is 18.5. The van der Waals surface area contributed by atoms with Crippen molar-refractivity contribution in [2.45, 2.75) is 5.92 Å². The first-order valence-corrected chi connectivity index (χ1v) is 4.11. The molecule has 0 aliphatic heterocycles. The van der Waals surface area contributed by atoms with Crippen LogP contribution in [0.5, 0.6) is 5.75 Å². The van der Waals surface area contributed by atoms with E-state index in [1.807, 2.05) is 6.07 Å². The van der Waals surface area contributed by atoms with E-state index in [1.165, 1.54) is 0 Å².